The number of benzene rings is 2. The first-order valence-corrected chi connectivity index (χ1v) is 13.2. The number of halogens is 2. The Hall–Kier alpha value is -3.69. The van der Waals surface area contributed by atoms with Crippen molar-refractivity contribution in [2.24, 2.45) is 7.05 Å². The molecular weight excluding hydrogens is 521 g/mol. The maximum atomic E-state index is 14.5. The summed E-state index contributed by atoms with van der Waals surface area (Å²) in [7, 11) is 3.50. The van der Waals surface area contributed by atoms with Crippen molar-refractivity contribution in [3.63, 3.8) is 0 Å². The highest BCUT2D eigenvalue weighted by atomic mass is 35.5. The van der Waals surface area contributed by atoms with Gasteiger partial charge in [-0.15, -0.1) is 0 Å². The Morgan fingerprint density at radius 2 is 1.95 bits per heavy atom. The first-order valence-electron chi connectivity index (χ1n) is 12.9. The van der Waals surface area contributed by atoms with Gasteiger partial charge in [-0.25, -0.2) is 9.07 Å². The second kappa shape index (κ2) is 9.50. The van der Waals surface area contributed by atoms with Crippen molar-refractivity contribution in [3.8, 4) is 34.0 Å². The molecule has 0 saturated carbocycles. The van der Waals surface area contributed by atoms with Crippen LogP contribution in [0.3, 0.4) is 0 Å². The summed E-state index contributed by atoms with van der Waals surface area (Å²) in [5.74, 6) is 0.0636. The summed E-state index contributed by atoms with van der Waals surface area (Å²) in [5, 5.41) is 9.67. The Balaban J connectivity index is 1.59. The maximum Gasteiger partial charge on any atom is 0.275 e. The van der Waals surface area contributed by atoms with Crippen LogP contribution in [0.2, 0.25) is 5.02 Å². The molecule has 8 nitrogen and oxygen atoms in total. The highest BCUT2D eigenvalue weighted by Gasteiger charge is 2.39. The van der Waals surface area contributed by atoms with E-state index in [1.54, 1.807) is 22.5 Å². The van der Waals surface area contributed by atoms with Crippen LogP contribution in [0.15, 0.2) is 42.6 Å². The van der Waals surface area contributed by atoms with Crippen LogP contribution in [0.25, 0.3) is 28.2 Å². The summed E-state index contributed by atoms with van der Waals surface area (Å²) in [6, 6.07) is 10.3. The van der Waals surface area contributed by atoms with E-state index in [2.05, 4.69) is 5.10 Å². The van der Waals surface area contributed by atoms with Crippen molar-refractivity contribution in [2.75, 3.05) is 26.9 Å². The summed E-state index contributed by atoms with van der Waals surface area (Å²) in [5.41, 5.74) is 5.41. The van der Waals surface area contributed by atoms with Gasteiger partial charge in [0.05, 0.1) is 42.9 Å². The molecule has 1 amide bonds. The minimum atomic E-state index is -0.486. The summed E-state index contributed by atoms with van der Waals surface area (Å²) < 4.78 is 29.3. The number of hydrogen-bond acceptors (Lipinski definition) is 5. The summed E-state index contributed by atoms with van der Waals surface area (Å²) in [6.07, 6.45) is 3.17. The van der Waals surface area contributed by atoms with Gasteiger partial charge in [-0.1, -0.05) is 11.6 Å². The molecule has 2 aliphatic rings. The molecule has 202 valence electrons. The third-order valence-corrected chi connectivity index (χ3v) is 7.70. The van der Waals surface area contributed by atoms with Crippen LogP contribution in [0, 0.1) is 5.82 Å². The van der Waals surface area contributed by atoms with Crippen LogP contribution in [0.5, 0.6) is 5.75 Å². The Kier molecular flexibility index (Phi) is 6.23. The van der Waals surface area contributed by atoms with Gasteiger partial charge in [-0.2, -0.15) is 10.2 Å². The number of aryl methyl sites for hydroxylation is 2. The van der Waals surface area contributed by atoms with E-state index in [-0.39, 0.29) is 10.9 Å². The van der Waals surface area contributed by atoms with E-state index >= 15 is 0 Å². The zero-order valence-electron chi connectivity index (χ0n) is 22.3. The van der Waals surface area contributed by atoms with Gasteiger partial charge in [-0.05, 0) is 68.7 Å². The lowest BCUT2D eigenvalue weighted by molar-refractivity contribution is -0.0373. The zero-order chi connectivity index (χ0) is 27.5. The molecule has 10 heteroatoms. The van der Waals surface area contributed by atoms with Crippen molar-refractivity contribution >= 4 is 17.5 Å². The standard InChI is InChI=1S/C29H29ClFN5O3/c1-29(2)16-39-10-9-35(29)28(37)26-21-6-5-17-11-25(38-4)23(24-7-8-34(3)32-24)15-22(17)27(21)36(33-26)20-13-18(30)12-19(31)14-20/h7-8,11-15H,5-6,9-10,16H2,1-4H3. The SMILES string of the molecule is COc1cc2c(cc1-c1ccn(C)n1)-c1c(c(C(=O)N3CCOCC3(C)C)nn1-c1cc(F)cc(Cl)c1)CC2. The second-order valence-corrected chi connectivity index (χ2v) is 11.1. The normalized spacial score (nSPS) is 16.1. The lowest BCUT2D eigenvalue weighted by atomic mass is 9.86. The van der Waals surface area contributed by atoms with E-state index in [0.717, 1.165) is 33.6 Å². The van der Waals surface area contributed by atoms with Crippen molar-refractivity contribution in [1.82, 2.24) is 24.5 Å². The van der Waals surface area contributed by atoms with E-state index in [9.17, 15) is 9.18 Å². The predicted molar refractivity (Wildman–Crippen MR) is 146 cm³/mol. The van der Waals surface area contributed by atoms with Crippen LogP contribution >= 0.6 is 11.6 Å². The number of methoxy groups -OCH3 is 1. The smallest absolute Gasteiger partial charge is 0.275 e. The fourth-order valence-corrected chi connectivity index (χ4v) is 5.80. The lowest BCUT2D eigenvalue weighted by Crippen LogP contribution is -2.55. The minimum absolute atomic E-state index is 0.164. The number of hydrogen-bond donors (Lipinski definition) is 0. The van der Waals surface area contributed by atoms with Gasteiger partial charge in [0, 0.05) is 41.5 Å². The third-order valence-electron chi connectivity index (χ3n) is 7.48. The number of nitrogens with zero attached hydrogens (tertiary/aromatic N) is 5. The summed E-state index contributed by atoms with van der Waals surface area (Å²) >= 11 is 6.26. The quantitative estimate of drug-likeness (QED) is 0.354. The fourth-order valence-electron chi connectivity index (χ4n) is 5.58. The van der Waals surface area contributed by atoms with Gasteiger partial charge in [0.15, 0.2) is 5.69 Å². The zero-order valence-corrected chi connectivity index (χ0v) is 23.0. The van der Waals surface area contributed by atoms with Crippen molar-refractivity contribution in [3.05, 3.63) is 70.3 Å². The number of amides is 1. The number of aromatic nitrogens is 4. The molecule has 4 aromatic rings. The first kappa shape index (κ1) is 25.6. The Bertz CT molecular complexity index is 1590. The summed E-state index contributed by atoms with van der Waals surface area (Å²) in [6.45, 7) is 5.35. The number of fused-ring (bicyclic) bond motifs is 3. The average molecular weight is 550 g/mol. The molecule has 1 aliphatic carbocycles. The van der Waals surface area contributed by atoms with Gasteiger partial charge in [0.25, 0.3) is 5.91 Å². The second-order valence-electron chi connectivity index (χ2n) is 10.6. The van der Waals surface area contributed by atoms with Crippen LogP contribution in [-0.4, -0.2) is 62.8 Å². The minimum Gasteiger partial charge on any atom is -0.496 e. The van der Waals surface area contributed by atoms with Crippen molar-refractivity contribution in [1.29, 1.82) is 0 Å². The van der Waals surface area contributed by atoms with Crippen LogP contribution in [-0.2, 0) is 24.6 Å². The Morgan fingerprint density at radius 1 is 1.13 bits per heavy atom. The molecule has 1 aliphatic heterocycles. The molecular formula is C29H29ClFN5O3. The van der Waals surface area contributed by atoms with Crippen LogP contribution < -0.4 is 4.74 Å². The molecule has 6 rings (SSSR count). The molecule has 0 atom stereocenters. The van der Waals surface area contributed by atoms with E-state index in [1.807, 2.05) is 50.2 Å². The molecule has 0 spiro atoms. The maximum absolute atomic E-state index is 14.5. The van der Waals surface area contributed by atoms with Crippen molar-refractivity contribution < 1.29 is 18.7 Å². The molecule has 1 fully saturated rings. The Labute approximate surface area is 230 Å². The Morgan fingerprint density at radius 3 is 2.64 bits per heavy atom. The van der Waals surface area contributed by atoms with E-state index in [0.29, 0.717) is 49.7 Å². The molecule has 39 heavy (non-hydrogen) atoms. The number of ether oxygens (including phenoxy) is 2. The molecule has 1 saturated heterocycles. The molecule has 2 aromatic carbocycles. The van der Waals surface area contributed by atoms with Gasteiger partial charge in [0.1, 0.15) is 11.6 Å². The molecule has 0 bridgehead atoms. The van der Waals surface area contributed by atoms with Gasteiger partial charge in [0.2, 0.25) is 0 Å². The van der Waals surface area contributed by atoms with Gasteiger partial charge in [-0.3, -0.25) is 9.48 Å². The monoisotopic (exact) mass is 549 g/mol. The number of carbonyl (C=O) groups excluding carboxylic acids is 1. The number of rotatable bonds is 4. The van der Waals surface area contributed by atoms with E-state index < -0.39 is 11.4 Å². The van der Waals surface area contributed by atoms with Crippen LogP contribution in [0.4, 0.5) is 4.39 Å². The fraction of sp³-hybridized carbons (Fsp3) is 0.345. The average Bonchev–Trinajstić information content (AvgIpc) is 3.50. The third kappa shape index (κ3) is 4.39. The molecule has 0 radical (unpaired) electrons. The molecule has 0 N–H and O–H groups in total. The van der Waals surface area contributed by atoms with E-state index in [4.69, 9.17) is 26.2 Å². The largest absolute Gasteiger partial charge is 0.496 e. The molecule has 3 heterocycles. The predicted octanol–water partition coefficient (Wildman–Crippen LogP) is 5.09. The van der Waals surface area contributed by atoms with E-state index in [1.165, 1.54) is 12.1 Å². The molecule has 0 unspecified atom stereocenters. The topological polar surface area (TPSA) is 74.4 Å². The highest BCUT2D eigenvalue weighted by molar-refractivity contribution is 6.30. The first-order chi connectivity index (χ1) is 18.7. The van der Waals surface area contributed by atoms with Crippen molar-refractivity contribution in [2.45, 2.75) is 32.2 Å². The van der Waals surface area contributed by atoms with Gasteiger partial charge < -0.3 is 14.4 Å². The molecule has 2 aromatic heterocycles. The lowest BCUT2D eigenvalue weighted by Gasteiger charge is -2.41. The van der Waals surface area contributed by atoms with Crippen LogP contribution in [0.1, 0.15) is 35.5 Å². The summed E-state index contributed by atoms with van der Waals surface area (Å²) in [4.78, 5) is 15.9. The number of carbonyl (C=O) groups is 1. The number of morpholine rings is 1. The highest BCUT2D eigenvalue weighted by Crippen LogP contribution is 2.43. The van der Waals surface area contributed by atoms with Gasteiger partial charge >= 0.3 is 0 Å².